The third-order valence-corrected chi connectivity index (χ3v) is 6.06. The minimum Gasteiger partial charge on any atom is -0.382 e. The van der Waals surface area contributed by atoms with Gasteiger partial charge in [0.15, 0.2) is 17.3 Å². The lowest BCUT2D eigenvalue weighted by atomic mass is 10.0. The second-order valence-electron chi connectivity index (χ2n) is 8.25. The van der Waals surface area contributed by atoms with E-state index >= 15 is 0 Å². The number of ketones is 1. The number of carbonyl (C=O) groups excluding carboxylic acids is 1. The molecule has 5 rings (SSSR count). The van der Waals surface area contributed by atoms with Gasteiger partial charge in [-0.1, -0.05) is 48.0 Å². The zero-order valence-corrected chi connectivity index (χ0v) is 19.0. The molecule has 33 heavy (non-hydrogen) atoms. The molecular formula is C25H23ClN6O. The number of nitrogen functional groups attached to an aromatic ring is 1. The Balaban J connectivity index is 1.64. The molecule has 166 valence electrons. The SMILES string of the molecule is CN1CCN(CC(=O)c2nc(-c3cc(Cl)c4ncccc4c3)c(-c3ccccc3)nc2N)C1. The molecule has 3 heterocycles. The van der Waals surface area contributed by atoms with Crippen LogP contribution in [0.4, 0.5) is 5.82 Å². The fourth-order valence-corrected chi connectivity index (χ4v) is 4.41. The normalized spacial score (nSPS) is 14.7. The maximum absolute atomic E-state index is 13.2. The van der Waals surface area contributed by atoms with Crippen molar-refractivity contribution in [2.45, 2.75) is 0 Å². The quantitative estimate of drug-likeness (QED) is 0.452. The highest BCUT2D eigenvalue weighted by Gasteiger charge is 2.24. The minimum absolute atomic E-state index is 0.128. The van der Waals surface area contributed by atoms with E-state index in [0.29, 0.717) is 21.9 Å². The van der Waals surface area contributed by atoms with Crippen molar-refractivity contribution in [3.8, 4) is 22.5 Å². The average Bonchev–Trinajstić information content (AvgIpc) is 3.23. The molecule has 2 aromatic carbocycles. The van der Waals surface area contributed by atoms with Crippen LogP contribution in [0.5, 0.6) is 0 Å². The van der Waals surface area contributed by atoms with Crippen molar-refractivity contribution in [2.75, 3.05) is 39.1 Å². The third-order valence-electron chi connectivity index (χ3n) is 5.77. The topological polar surface area (TPSA) is 88.2 Å². The molecule has 1 saturated heterocycles. The number of hydrogen-bond donors (Lipinski definition) is 1. The van der Waals surface area contributed by atoms with Gasteiger partial charge >= 0.3 is 0 Å². The van der Waals surface area contributed by atoms with E-state index in [-0.39, 0.29) is 23.8 Å². The largest absolute Gasteiger partial charge is 0.382 e. The molecule has 7 nitrogen and oxygen atoms in total. The molecule has 8 heteroatoms. The highest BCUT2D eigenvalue weighted by Crippen LogP contribution is 2.35. The van der Waals surface area contributed by atoms with Crippen LogP contribution < -0.4 is 5.73 Å². The first-order valence-corrected chi connectivity index (χ1v) is 11.1. The number of nitrogens with zero attached hydrogens (tertiary/aromatic N) is 5. The van der Waals surface area contributed by atoms with Crippen LogP contribution in [0.3, 0.4) is 0 Å². The Bertz CT molecular complexity index is 1340. The third kappa shape index (κ3) is 4.30. The van der Waals surface area contributed by atoms with Gasteiger partial charge in [0.1, 0.15) is 0 Å². The number of pyridine rings is 1. The van der Waals surface area contributed by atoms with Crippen molar-refractivity contribution in [3.63, 3.8) is 0 Å². The Morgan fingerprint density at radius 2 is 1.82 bits per heavy atom. The van der Waals surface area contributed by atoms with Gasteiger partial charge in [-0.25, -0.2) is 9.97 Å². The Morgan fingerprint density at radius 3 is 2.58 bits per heavy atom. The molecule has 0 bridgehead atoms. The second kappa shape index (κ2) is 8.86. The zero-order valence-electron chi connectivity index (χ0n) is 18.2. The highest BCUT2D eigenvalue weighted by molar-refractivity contribution is 6.35. The average molecular weight is 459 g/mol. The van der Waals surface area contributed by atoms with Crippen molar-refractivity contribution in [1.29, 1.82) is 0 Å². The minimum atomic E-state index is -0.148. The van der Waals surface area contributed by atoms with Gasteiger partial charge in [-0.2, -0.15) is 0 Å². The predicted molar refractivity (Wildman–Crippen MR) is 131 cm³/mol. The lowest BCUT2D eigenvalue weighted by Gasteiger charge is -2.16. The fraction of sp³-hybridized carbons (Fsp3) is 0.200. The molecule has 0 spiro atoms. The predicted octanol–water partition coefficient (Wildman–Crippen LogP) is 3.98. The molecule has 0 atom stereocenters. The summed E-state index contributed by atoms with van der Waals surface area (Å²) in [5.41, 5.74) is 9.93. The molecule has 0 radical (unpaired) electrons. The smallest absolute Gasteiger partial charge is 0.198 e. The molecule has 0 saturated carbocycles. The van der Waals surface area contributed by atoms with E-state index in [1.807, 2.05) is 61.6 Å². The monoisotopic (exact) mass is 458 g/mol. The first kappa shape index (κ1) is 21.5. The molecule has 1 fully saturated rings. The first-order valence-electron chi connectivity index (χ1n) is 10.7. The number of hydrogen-bond acceptors (Lipinski definition) is 7. The van der Waals surface area contributed by atoms with E-state index in [9.17, 15) is 4.79 Å². The van der Waals surface area contributed by atoms with Crippen molar-refractivity contribution in [2.24, 2.45) is 0 Å². The maximum Gasteiger partial charge on any atom is 0.198 e. The fourth-order valence-electron chi connectivity index (χ4n) is 4.14. The Morgan fingerprint density at radius 1 is 1.03 bits per heavy atom. The van der Waals surface area contributed by atoms with Gasteiger partial charge in [-0.15, -0.1) is 0 Å². The molecule has 0 unspecified atom stereocenters. The number of benzene rings is 2. The lowest BCUT2D eigenvalue weighted by Crippen LogP contribution is -2.30. The van der Waals surface area contributed by atoms with Crippen LogP contribution in [0.1, 0.15) is 10.5 Å². The number of halogens is 1. The molecule has 2 N–H and O–H groups in total. The summed E-state index contributed by atoms with van der Waals surface area (Å²) < 4.78 is 0. The summed E-state index contributed by atoms with van der Waals surface area (Å²) in [6.45, 7) is 2.74. The molecule has 0 aliphatic carbocycles. The second-order valence-corrected chi connectivity index (χ2v) is 8.66. The molecule has 1 aliphatic rings. The number of rotatable bonds is 5. The van der Waals surface area contributed by atoms with E-state index in [4.69, 9.17) is 22.3 Å². The van der Waals surface area contributed by atoms with Crippen LogP contribution in [0.15, 0.2) is 60.8 Å². The van der Waals surface area contributed by atoms with Gasteiger partial charge in [0.2, 0.25) is 0 Å². The van der Waals surface area contributed by atoms with E-state index in [1.165, 1.54) is 0 Å². The Kier molecular flexibility index (Phi) is 5.76. The van der Waals surface area contributed by atoms with Crippen LogP contribution in [-0.2, 0) is 0 Å². The van der Waals surface area contributed by atoms with Gasteiger partial charge < -0.3 is 5.73 Å². The highest BCUT2D eigenvalue weighted by atomic mass is 35.5. The Hall–Kier alpha value is -3.39. The summed E-state index contributed by atoms with van der Waals surface area (Å²) >= 11 is 6.56. The number of aromatic nitrogens is 3. The van der Waals surface area contributed by atoms with E-state index in [0.717, 1.165) is 36.3 Å². The Labute approximate surface area is 196 Å². The van der Waals surface area contributed by atoms with E-state index < -0.39 is 0 Å². The van der Waals surface area contributed by atoms with Gasteiger partial charge in [-0.05, 0) is 25.2 Å². The van der Waals surface area contributed by atoms with Gasteiger partial charge in [-0.3, -0.25) is 19.6 Å². The van der Waals surface area contributed by atoms with Crippen LogP contribution in [0.25, 0.3) is 33.4 Å². The van der Waals surface area contributed by atoms with Crippen LogP contribution in [0.2, 0.25) is 5.02 Å². The van der Waals surface area contributed by atoms with Crippen molar-refractivity contribution >= 4 is 34.1 Å². The van der Waals surface area contributed by atoms with E-state index in [2.05, 4.69) is 19.8 Å². The first-order chi connectivity index (χ1) is 16.0. The molecule has 0 amide bonds. The van der Waals surface area contributed by atoms with Crippen molar-refractivity contribution in [3.05, 3.63) is 71.5 Å². The molecule has 2 aromatic heterocycles. The summed E-state index contributed by atoms with van der Waals surface area (Å²) in [5.74, 6) is -0.0200. The summed E-state index contributed by atoms with van der Waals surface area (Å²) in [7, 11) is 2.03. The van der Waals surface area contributed by atoms with Crippen LogP contribution in [-0.4, -0.2) is 63.9 Å². The number of nitrogens with two attached hydrogens (primary N) is 1. The van der Waals surface area contributed by atoms with Gasteiger partial charge in [0.05, 0.1) is 35.1 Å². The van der Waals surface area contributed by atoms with Crippen molar-refractivity contribution in [1.82, 2.24) is 24.8 Å². The molecule has 1 aliphatic heterocycles. The molecule has 4 aromatic rings. The standard InChI is InChI=1S/C25H23ClN6O/c1-31-10-11-32(15-31)14-20(33)24-25(27)30-22(16-6-3-2-4-7-16)23(29-24)18-12-17-8-5-9-28-21(17)19(26)13-18/h2-9,12-13H,10-11,14-15H2,1H3,(H2,27,30). The summed E-state index contributed by atoms with van der Waals surface area (Å²) in [5, 5.41) is 1.39. The summed E-state index contributed by atoms with van der Waals surface area (Å²) in [6.07, 6.45) is 1.71. The zero-order chi connectivity index (χ0) is 22.9. The number of fused-ring (bicyclic) bond motifs is 1. The number of anilines is 1. The number of carbonyl (C=O) groups is 1. The van der Waals surface area contributed by atoms with E-state index in [1.54, 1.807) is 6.20 Å². The summed E-state index contributed by atoms with van der Waals surface area (Å²) in [6, 6.07) is 17.3. The van der Waals surface area contributed by atoms with Crippen molar-refractivity contribution < 1.29 is 4.79 Å². The number of Topliss-reactive ketones (excluding diaryl/α,β-unsaturated/α-hetero) is 1. The van der Waals surface area contributed by atoms with Crippen LogP contribution >= 0.6 is 11.6 Å². The molecular weight excluding hydrogens is 436 g/mol. The summed E-state index contributed by atoms with van der Waals surface area (Å²) in [4.78, 5) is 31.2. The van der Waals surface area contributed by atoms with Gasteiger partial charge in [0, 0.05) is 35.8 Å². The maximum atomic E-state index is 13.2. The number of likely N-dealkylation sites (N-methyl/N-ethyl adjacent to an activating group) is 1. The van der Waals surface area contributed by atoms with Gasteiger partial charge in [0.25, 0.3) is 0 Å². The van der Waals surface area contributed by atoms with Crippen LogP contribution in [0, 0.1) is 0 Å². The lowest BCUT2D eigenvalue weighted by molar-refractivity contribution is 0.0933.